The molecule has 0 radical (unpaired) electrons. The summed E-state index contributed by atoms with van der Waals surface area (Å²) in [7, 11) is 1.58. The van der Waals surface area contributed by atoms with Crippen LogP contribution in [0.15, 0.2) is 28.7 Å². The number of hydrogen-bond acceptors (Lipinski definition) is 3. The van der Waals surface area contributed by atoms with E-state index in [0.29, 0.717) is 16.3 Å². The highest BCUT2D eigenvalue weighted by molar-refractivity contribution is 9.10. The van der Waals surface area contributed by atoms with E-state index in [0.717, 1.165) is 14.2 Å². The maximum Gasteiger partial charge on any atom is 0.125 e. The first-order valence-electron chi connectivity index (χ1n) is 5.30. The second kappa shape index (κ2) is 5.61. The molecule has 1 aromatic heterocycles. The third kappa shape index (κ3) is 2.72. The van der Waals surface area contributed by atoms with E-state index in [1.165, 1.54) is 0 Å². The van der Waals surface area contributed by atoms with Crippen molar-refractivity contribution in [2.45, 2.75) is 13.0 Å². The van der Waals surface area contributed by atoms with Gasteiger partial charge in [0.2, 0.25) is 0 Å². The molecule has 0 spiro atoms. The first-order chi connectivity index (χ1) is 8.52. The van der Waals surface area contributed by atoms with Gasteiger partial charge in [0, 0.05) is 19.9 Å². The van der Waals surface area contributed by atoms with Gasteiger partial charge in [0.25, 0.3) is 0 Å². The van der Waals surface area contributed by atoms with Gasteiger partial charge in [-0.25, -0.2) is 0 Å². The smallest absolute Gasteiger partial charge is 0.125 e. The molecule has 0 bridgehead atoms. The zero-order valence-electron chi connectivity index (χ0n) is 9.91. The molecule has 1 unspecified atom stereocenters. The molecule has 0 aliphatic carbocycles. The van der Waals surface area contributed by atoms with Gasteiger partial charge < -0.3 is 9.84 Å². The lowest BCUT2D eigenvalue weighted by Gasteiger charge is -2.14. The molecule has 0 fully saturated rings. The Morgan fingerprint density at radius 2 is 2.11 bits per heavy atom. The van der Waals surface area contributed by atoms with Crippen LogP contribution in [0.25, 0.3) is 0 Å². The fraction of sp³-hybridized carbons (Fsp3) is 0.231. The Labute approximate surface area is 123 Å². The predicted molar refractivity (Wildman–Crippen MR) is 78.8 cm³/mol. The summed E-state index contributed by atoms with van der Waals surface area (Å²) in [6.45, 7) is 2.00. The van der Waals surface area contributed by atoms with E-state index in [1.54, 1.807) is 36.6 Å². The molecule has 0 aliphatic rings. The van der Waals surface area contributed by atoms with E-state index >= 15 is 0 Å². The van der Waals surface area contributed by atoms with Crippen molar-refractivity contribution in [3.63, 3.8) is 0 Å². The quantitative estimate of drug-likeness (QED) is 0.882. The van der Waals surface area contributed by atoms with Crippen molar-refractivity contribution in [1.29, 1.82) is 0 Å². The second-order valence-electron chi connectivity index (χ2n) is 3.86. The average molecular weight is 348 g/mol. The predicted octanol–water partition coefficient (Wildman–Crippen LogP) is 4.56. The summed E-state index contributed by atoms with van der Waals surface area (Å²) < 4.78 is 6.16. The third-order valence-corrected chi connectivity index (χ3v) is 4.83. The fourth-order valence-electron chi connectivity index (χ4n) is 1.75. The molecule has 5 heteroatoms. The van der Waals surface area contributed by atoms with E-state index in [9.17, 15) is 5.11 Å². The van der Waals surface area contributed by atoms with Crippen LogP contribution in [0.1, 0.15) is 21.4 Å². The van der Waals surface area contributed by atoms with E-state index in [4.69, 9.17) is 16.3 Å². The minimum absolute atomic E-state index is 0.578. The Balaban J connectivity index is 2.48. The average Bonchev–Trinajstić information content (AvgIpc) is 2.67. The van der Waals surface area contributed by atoms with Gasteiger partial charge in [-0.05, 0) is 47.1 Å². The SMILES string of the molecule is COc1ccc(Cl)cc1C(O)c1sc(C)cc1Br. The fourth-order valence-corrected chi connectivity index (χ4v) is 3.80. The van der Waals surface area contributed by atoms with Crippen LogP contribution in [0, 0.1) is 6.92 Å². The zero-order chi connectivity index (χ0) is 13.3. The van der Waals surface area contributed by atoms with E-state index in [2.05, 4.69) is 15.9 Å². The third-order valence-electron chi connectivity index (χ3n) is 2.57. The van der Waals surface area contributed by atoms with Gasteiger partial charge >= 0.3 is 0 Å². The zero-order valence-corrected chi connectivity index (χ0v) is 13.1. The van der Waals surface area contributed by atoms with Crippen LogP contribution in [0.5, 0.6) is 5.75 Å². The number of aliphatic hydroxyl groups excluding tert-OH is 1. The Morgan fingerprint density at radius 3 is 2.67 bits per heavy atom. The maximum absolute atomic E-state index is 10.5. The van der Waals surface area contributed by atoms with Gasteiger partial charge in [0.1, 0.15) is 11.9 Å². The second-order valence-corrected chi connectivity index (χ2v) is 6.44. The Hall–Kier alpha value is -0.550. The van der Waals surface area contributed by atoms with Crippen molar-refractivity contribution in [2.75, 3.05) is 7.11 Å². The molecule has 2 rings (SSSR count). The van der Waals surface area contributed by atoms with Crippen molar-refractivity contribution >= 4 is 38.9 Å². The molecule has 2 nitrogen and oxygen atoms in total. The van der Waals surface area contributed by atoms with Crippen molar-refractivity contribution in [3.05, 3.63) is 49.1 Å². The molecule has 1 aromatic carbocycles. The number of halogens is 2. The Kier molecular flexibility index (Phi) is 4.33. The number of hydrogen-bond donors (Lipinski definition) is 1. The van der Waals surface area contributed by atoms with E-state index in [-0.39, 0.29) is 0 Å². The van der Waals surface area contributed by atoms with Gasteiger partial charge in [0.05, 0.1) is 12.0 Å². The summed E-state index contributed by atoms with van der Waals surface area (Å²) in [5, 5.41) is 11.0. The molecule has 96 valence electrons. The number of aliphatic hydroxyl groups is 1. The van der Waals surface area contributed by atoms with E-state index in [1.807, 2.05) is 13.0 Å². The molecule has 0 amide bonds. The van der Waals surface area contributed by atoms with Gasteiger partial charge in [-0.3, -0.25) is 0 Å². The molecule has 18 heavy (non-hydrogen) atoms. The lowest BCUT2D eigenvalue weighted by molar-refractivity contribution is 0.218. The molecular formula is C13H12BrClO2S. The normalized spacial score (nSPS) is 12.5. The standard InChI is InChI=1S/C13H12BrClO2S/c1-7-5-10(14)13(18-7)12(16)9-6-8(15)3-4-11(9)17-2/h3-6,12,16H,1-2H3. The summed E-state index contributed by atoms with van der Waals surface area (Å²) in [5.41, 5.74) is 0.674. The summed E-state index contributed by atoms with van der Waals surface area (Å²) in [4.78, 5) is 1.99. The molecule has 0 saturated carbocycles. The van der Waals surface area contributed by atoms with Gasteiger partial charge in [-0.1, -0.05) is 11.6 Å². The van der Waals surface area contributed by atoms with Crippen LogP contribution < -0.4 is 4.74 Å². The largest absolute Gasteiger partial charge is 0.496 e. The monoisotopic (exact) mass is 346 g/mol. The number of ether oxygens (including phenoxy) is 1. The highest BCUT2D eigenvalue weighted by atomic mass is 79.9. The first kappa shape index (κ1) is 13.9. The topological polar surface area (TPSA) is 29.5 Å². The summed E-state index contributed by atoms with van der Waals surface area (Å²) >= 11 is 11.0. The Morgan fingerprint density at radius 1 is 1.39 bits per heavy atom. The lowest BCUT2D eigenvalue weighted by atomic mass is 10.1. The van der Waals surface area contributed by atoms with Crippen LogP contribution in [-0.4, -0.2) is 12.2 Å². The number of rotatable bonds is 3. The van der Waals surface area contributed by atoms with Crippen LogP contribution in [-0.2, 0) is 0 Å². The molecule has 1 N–H and O–H groups in total. The summed E-state index contributed by atoms with van der Waals surface area (Å²) in [6.07, 6.45) is -0.744. The van der Waals surface area contributed by atoms with Crippen molar-refractivity contribution in [2.24, 2.45) is 0 Å². The first-order valence-corrected chi connectivity index (χ1v) is 7.29. The molecule has 0 saturated heterocycles. The van der Waals surface area contributed by atoms with Gasteiger partial charge in [-0.2, -0.15) is 0 Å². The summed E-state index contributed by atoms with van der Waals surface area (Å²) in [5.74, 6) is 0.629. The highest BCUT2D eigenvalue weighted by Crippen LogP contribution is 2.39. The molecule has 2 aromatic rings. The van der Waals surface area contributed by atoms with Gasteiger partial charge in [0.15, 0.2) is 0 Å². The van der Waals surface area contributed by atoms with Crippen molar-refractivity contribution in [3.8, 4) is 5.75 Å². The lowest BCUT2D eigenvalue weighted by Crippen LogP contribution is -2.01. The molecular weight excluding hydrogens is 336 g/mol. The Bertz CT molecular complexity index is 568. The van der Waals surface area contributed by atoms with Crippen molar-refractivity contribution < 1.29 is 9.84 Å². The number of benzene rings is 1. The number of methoxy groups -OCH3 is 1. The molecule has 1 heterocycles. The van der Waals surface area contributed by atoms with Crippen LogP contribution >= 0.6 is 38.9 Å². The van der Waals surface area contributed by atoms with Crippen LogP contribution in [0.3, 0.4) is 0 Å². The van der Waals surface area contributed by atoms with Gasteiger partial charge in [-0.15, -0.1) is 11.3 Å². The maximum atomic E-state index is 10.5. The van der Waals surface area contributed by atoms with Crippen LogP contribution in [0.2, 0.25) is 5.02 Å². The minimum atomic E-state index is -0.744. The van der Waals surface area contributed by atoms with Crippen LogP contribution in [0.4, 0.5) is 0 Å². The molecule has 1 atom stereocenters. The van der Waals surface area contributed by atoms with Crippen molar-refractivity contribution in [1.82, 2.24) is 0 Å². The van der Waals surface area contributed by atoms with E-state index < -0.39 is 6.10 Å². The highest BCUT2D eigenvalue weighted by Gasteiger charge is 2.20. The number of aryl methyl sites for hydroxylation is 1. The summed E-state index contributed by atoms with van der Waals surface area (Å²) in [6, 6.07) is 7.22. The minimum Gasteiger partial charge on any atom is -0.496 e. The molecule has 0 aliphatic heterocycles. The number of thiophene rings is 1.